The van der Waals surface area contributed by atoms with Crippen LogP contribution in [0.2, 0.25) is 0 Å². The van der Waals surface area contributed by atoms with E-state index in [1.165, 1.54) is 19.3 Å². The number of hydrogen-bond acceptors (Lipinski definition) is 2. The normalized spacial score (nSPS) is 16.9. The lowest BCUT2D eigenvalue weighted by Crippen LogP contribution is -2.17. The molecule has 0 radical (unpaired) electrons. The zero-order valence-electron chi connectivity index (χ0n) is 10.0. The summed E-state index contributed by atoms with van der Waals surface area (Å²) < 4.78 is 25.2. The first-order valence-electron chi connectivity index (χ1n) is 6.16. The van der Waals surface area contributed by atoms with E-state index in [9.17, 15) is 8.42 Å². The molecule has 1 saturated carbocycles. The van der Waals surface area contributed by atoms with Crippen LogP contribution in [-0.2, 0) is 16.6 Å². The molecule has 1 fully saturated rings. The summed E-state index contributed by atoms with van der Waals surface area (Å²) in [5, 5.41) is 5.99. The van der Waals surface area contributed by atoms with Crippen molar-refractivity contribution in [1.29, 1.82) is 0 Å². The smallest absolute Gasteiger partial charge is 0.240 e. The Morgan fingerprint density at radius 3 is 2.61 bits per heavy atom. The molecule has 18 heavy (non-hydrogen) atoms. The van der Waals surface area contributed by atoms with Gasteiger partial charge in [-0.05, 0) is 24.8 Å². The van der Waals surface area contributed by atoms with Crippen LogP contribution in [-0.4, -0.2) is 13.0 Å². The molecule has 0 spiro atoms. The van der Waals surface area contributed by atoms with Crippen molar-refractivity contribution >= 4 is 20.9 Å². The van der Waals surface area contributed by atoms with E-state index in [1.807, 2.05) is 28.8 Å². The molecule has 0 bridgehead atoms. The minimum atomic E-state index is -3.65. The first-order chi connectivity index (χ1) is 8.55. The number of para-hydroxylation sites is 1. The Hall–Kier alpha value is -1.33. The lowest BCUT2D eigenvalue weighted by Gasteiger charge is -2.26. The van der Waals surface area contributed by atoms with Crippen LogP contribution >= 0.6 is 0 Å². The van der Waals surface area contributed by atoms with E-state index in [1.54, 1.807) is 6.20 Å². The Morgan fingerprint density at radius 2 is 2.00 bits per heavy atom. The number of fused-ring (bicyclic) bond motifs is 1. The summed E-state index contributed by atoms with van der Waals surface area (Å²) in [5.41, 5.74) is 0.952. The molecule has 0 saturated heterocycles. The molecule has 1 aromatic heterocycles. The first kappa shape index (κ1) is 11.7. The predicted octanol–water partition coefficient (Wildman–Crippen LogP) is 2.09. The van der Waals surface area contributed by atoms with Crippen molar-refractivity contribution < 1.29 is 8.42 Å². The van der Waals surface area contributed by atoms with Gasteiger partial charge in [0.15, 0.2) is 0 Å². The van der Waals surface area contributed by atoms with Crippen LogP contribution in [0.3, 0.4) is 0 Å². The summed E-state index contributed by atoms with van der Waals surface area (Å²) >= 11 is 0. The van der Waals surface area contributed by atoms with E-state index < -0.39 is 10.0 Å². The Morgan fingerprint density at radius 1 is 1.28 bits per heavy atom. The molecule has 96 valence electrons. The summed E-state index contributed by atoms with van der Waals surface area (Å²) in [6.45, 7) is 0.885. The highest BCUT2D eigenvalue weighted by molar-refractivity contribution is 7.89. The number of sulfonamides is 1. The molecule has 1 aliphatic rings. The second-order valence-electron chi connectivity index (χ2n) is 5.00. The second-order valence-corrected chi connectivity index (χ2v) is 6.53. The third-order valence-electron chi connectivity index (χ3n) is 3.74. The highest BCUT2D eigenvalue weighted by Crippen LogP contribution is 2.31. The van der Waals surface area contributed by atoms with Gasteiger partial charge in [-0.2, -0.15) is 0 Å². The van der Waals surface area contributed by atoms with E-state index in [4.69, 9.17) is 5.14 Å². The van der Waals surface area contributed by atoms with Crippen LogP contribution in [0.5, 0.6) is 0 Å². The van der Waals surface area contributed by atoms with Crippen molar-refractivity contribution in [1.82, 2.24) is 4.57 Å². The number of nitrogens with two attached hydrogens (primary N) is 1. The zero-order valence-corrected chi connectivity index (χ0v) is 10.9. The van der Waals surface area contributed by atoms with E-state index in [2.05, 4.69) is 0 Å². The topological polar surface area (TPSA) is 65.1 Å². The molecule has 3 rings (SSSR count). The molecule has 0 aliphatic heterocycles. The third kappa shape index (κ3) is 1.93. The fourth-order valence-electron chi connectivity index (χ4n) is 2.54. The van der Waals surface area contributed by atoms with Crippen molar-refractivity contribution in [3.8, 4) is 0 Å². The van der Waals surface area contributed by atoms with Crippen molar-refractivity contribution in [2.75, 3.05) is 0 Å². The molecular weight excluding hydrogens is 248 g/mol. The number of aromatic nitrogens is 1. The fourth-order valence-corrected chi connectivity index (χ4v) is 3.30. The molecule has 2 N–H and O–H groups in total. The fraction of sp³-hybridized carbons (Fsp3) is 0.385. The molecule has 0 amide bonds. The van der Waals surface area contributed by atoms with Crippen LogP contribution in [0.25, 0.3) is 10.9 Å². The molecule has 1 aromatic carbocycles. The van der Waals surface area contributed by atoms with Crippen LogP contribution in [0.15, 0.2) is 35.4 Å². The summed E-state index contributed by atoms with van der Waals surface area (Å²) in [5.74, 6) is 0.675. The Bertz CT molecular complexity index is 684. The van der Waals surface area contributed by atoms with E-state index in [0.717, 1.165) is 17.4 Å². The average molecular weight is 264 g/mol. The van der Waals surface area contributed by atoms with Gasteiger partial charge in [0.25, 0.3) is 0 Å². The van der Waals surface area contributed by atoms with E-state index in [0.29, 0.717) is 5.92 Å². The van der Waals surface area contributed by atoms with Crippen LogP contribution in [0.1, 0.15) is 19.3 Å². The number of rotatable bonds is 3. The third-order valence-corrected chi connectivity index (χ3v) is 4.68. The minimum Gasteiger partial charge on any atom is -0.346 e. The Labute approximate surface area is 106 Å². The van der Waals surface area contributed by atoms with Gasteiger partial charge in [0.1, 0.15) is 4.90 Å². The van der Waals surface area contributed by atoms with Gasteiger partial charge >= 0.3 is 0 Å². The highest BCUT2D eigenvalue weighted by atomic mass is 32.2. The molecular formula is C13H16N2O2S. The van der Waals surface area contributed by atoms with Gasteiger partial charge in [-0.25, -0.2) is 13.6 Å². The van der Waals surface area contributed by atoms with Gasteiger partial charge in [-0.15, -0.1) is 0 Å². The lowest BCUT2D eigenvalue weighted by molar-refractivity contribution is 0.279. The number of primary sulfonamides is 1. The molecule has 1 aliphatic carbocycles. The van der Waals surface area contributed by atoms with E-state index in [-0.39, 0.29) is 4.90 Å². The molecule has 4 nitrogen and oxygen atoms in total. The lowest BCUT2D eigenvalue weighted by atomic mass is 9.85. The van der Waals surface area contributed by atoms with Crippen molar-refractivity contribution in [3.05, 3.63) is 30.5 Å². The summed E-state index contributed by atoms with van der Waals surface area (Å²) in [4.78, 5) is 0.234. The molecule has 5 heteroatoms. The van der Waals surface area contributed by atoms with Gasteiger partial charge in [0.2, 0.25) is 10.0 Å². The Balaban J connectivity index is 2.14. The summed E-state index contributed by atoms with van der Waals surface area (Å²) in [6, 6.07) is 7.52. The summed E-state index contributed by atoms with van der Waals surface area (Å²) in [7, 11) is -3.65. The van der Waals surface area contributed by atoms with Crippen molar-refractivity contribution in [3.63, 3.8) is 0 Å². The zero-order chi connectivity index (χ0) is 12.8. The van der Waals surface area contributed by atoms with Crippen LogP contribution < -0.4 is 5.14 Å². The molecule has 2 aromatic rings. The van der Waals surface area contributed by atoms with Gasteiger partial charge in [-0.3, -0.25) is 0 Å². The number of nitrogens with zero attached hydrogens (tertiary/aromatic N) is 1. The predicted molar refractivity (Wildman–Crippen MR) is 70.7 cm³/mol. The number of hydrogen-bond donors (Lipinski definition) is 1. The molecule has 0 atom stereocenters. The van der Waals surface area contributed by atoms with Gasteiger partial charge in [0.05, 0.1) is 0 Å². The minimum absolute atomic E-state index is 0.234. The molecule has 1 heterocycles. The van der Waals surface area contributed by atoms with Gasteiger partial charge < -0.3 is 4.57 Å². The number of benzene rings is 1. The summed E-state index contributed by atoms with van der Waals surface area (Å²) in [6.07, 6.45) is 5.43. The highest BCUT2D eigenvalue weighted by Gasteiger charge is 2.21. The second kappa shape index (κ2) is 4.10. The van der Waals surface area contributed by atoms with Crippen molar-refractivity contribution in [2.45, 2.75) is 30.7 Å². The van der Waals surface area contributed by atoms with Crippen LogP contribution in [0, 0.1) is 5.92 Å². The average Bonchev–Trinajstić information content (AvgIpc) is 2.62. The maximum atomic E-state index is 11.6. The maximum Gasteiger partial charge on any atom is 0.240 e. The monoisotopic (exact) mass is 264 g/mol. The maximum absolute atomic E-state index is 11.6. The Kier molecular flexibility index (Phi) is 2.68. The quantitative estimate of drug-likeness (QED) is 0.922. The SMILES string of the molecule is NS(=O)(=O)c1cn(CC2CCC2)c2ccccc12. The van der Waals surface area contributed by atoms with Crippen LogP contribution in [0.4, 0.5) is 0 Å². The largest absolute Gasteiger partial charge is 0.346 e. The first-order valence-corrected chi connectivity index (χ1v) is 7.71. The molecule has 0 unspecified atom stereocenters. The van der Waals surface area contributed by atoms with Gasteiger partial charge in [-0.1, -0.05) is 24.6 Å². The van der Waals surface area contributed by atoms with E-state index >= 15 is 0 Å². The van der Waals surface area contributed by atoms with Gasteiger partial charge in [0, 0.05) is 23.6 Å². The standard InChI is InChI=1S/C13H16N2O2S/c14-18(16,17)13-9-15(8-10-4-3-5-10)12-7-2-1-6-11(12)13/h1-2,6-7,9-10H,3-5,8H2,(H2,14,16,17). The van der Waals surface area contributed by atoms with Crippen molar-refractivity contribution in [2.24, 2.45) is 11.1 Å².